The predicted molar refractivity (Wildman–Crippen MR) is 233 cm³/mol. The van der Waals surface area contributed by atoms with Crippen LogP contribution in [0.1, 0.15) is 271 Å². The van der Waals surface area contributed by atoms with E-state index in [0.29, 0.717) is 12.8 Å². The third-order valence-electron chi connectivity index (χ3n) is 11.8. The molecule has 54 heavy (non-hydrogen) atoms. The molecule has 0 aliphatic carbocycles. The van der Waals surface area contributed by atoms with Crippen molar-refractivity contribution in [1.82, 2.24) is 5.32 Å². The lowest BCUT2D eigenvalue weighted by molar-refractivity contribution is -0.132. The molecule has 0 aromatic rings. The van der Waals surface area contributed by atoms with Crippen LogP contribution >= 0.6 is 0 Å². The highest BCUT2D eigenvalue weighted by atomic mass is 16.3. The van der Waals surface area contributed by atoms with Gasteiger partial charge in [0, 0.05) is 0 Å². The Morgan fingerprint density at radius 3 is 0.889 bits per heavy atom. The molecule has 0 spiro atoms. The molecule has 0 fully saturated rings. The zero-order valence-corrected chi connectivity index (χ0v) is 36.5. The minimum absolute atomic E-state index is 0.376. The molecular weight excluding hydrogens is 671 g/mol. The van der Waals surface area contributed by atoms with E-state index < -0.39 is 36.9 Å². The quantitative estimate of drug-likeness (QED) is 0.0396. The lowest BCUT2D eigenvalue weighted by atomic mass is 9.99. The molecule has 6 heteroatoms. The summed E-state index contributed by atoms with van der Waals surface area (Å²) in [5.74, 6) is -0.578. The van der Waals surface area contributed by atoms with E-state index in [1.54, 1.807) is 0 Å². The van der Waals surface area contributed by atoms with E-state index in [2.05, 4.69) is 19.2 Å². The van der Waals surface area contributed by atoms with Crippen LogP contribution in [0.2, 0.25) is 0 Å². The minimum atomic E-state index is -1.25. The van der Waals surface area contributed by atoms with Gasteiger partial charge in [-0.05, 0) is 12.8 Å². The maximum atomic E-state index is 12.5. The van der Waals surface area contributed by atoms with Crippen molar-refractivity contribution >= 4 is 5.91 Å². The molecule has 0 aromatic heterocycles. The first-order valence-electron chi connectivity index (χ1n) is 24.4. The van der Waals surface area contributed by atoms with Crippen molar-refractivity contribution < 1.29 is 25.2 Å². The van der Waals surface area contributed by atoms with Crippen LogP contribution in [-0.2, 0) is 4.79 Å². The maximum Gasteiger partial charge on any atom is 0.249 e. The summed E-state index contributed by atoms with van der Waals surface area (Å²) >= 11 is 0. The second kappa shape index (κ2) is 43.4. The average molecular weight is 768 g/mol. The number of rotatable bonds is 45. The topological polar surface area (TPSA) is 110 Å². The molecule has 0 saturated carbocycles. The van der Waals surface area contributed by atoms with Crippen molar-refractivity contribution in [3.8, 4) is 0 Å². The van der Waals surface area contributed by atoms with Gasteiger partial charge in [0.2, 0.25) is 5.91 Å². The van der Waals surface area contributed by atoms with Crippen LogP contribution in [0.3, 0.4) is 0 Å². The van der Waals surface area contributed by atoms with Crippen LogP contribution in [0.25, 0.3) is 0 Å². The molecule has 0 heterocycles. The largest absolute Gasteiger partial charge is 0.394 e. The molecule has 0 aliphatic rings. The summed E-state index contributed by atoms with van der Waals surface area (Å²) in [6, 6.07) is -0.979. The van der Waals surface area contributed by atoms with Crippen LogP contribution in [0.5, 0.6) is 0 Å². The zero-order chi connectivity index (χ0) is 39.6. The van der Waals surface area contributed by atoms with Gasteiger partial charge in [-0.3, -0.25) is 4.79 Å². The monoisotopic (exact) mass is 768 g/mol. The number of carbonyl (C=O) groups excluding carboxylic acids is 1. The van der Waals surface area contributed by atoms with Gasteiger partial charge in [0.05, 0.1) is 18.8 Å². The summed E-state index contributed by atoms with van der Waals surface area (Å²) < 4.78 is 0. The van der Waals surface area contributed by atoms with Crippen molar-refractivity contribution in [2.75, 3.05) is 6.61 Å². The van der Waals surface area contributed by atoms with Gasteiger partial charge in [-0.2, -0.15) is 0 Å². The number of amides is 1. The van der Waals surface area contributed by atoms with Gasteiger partial charge in [0.15, 0.2) is 0 Å². The van der Waals surface area contributed by atoms with Crippen molar-refractivity contribution in [1.29, 1.82) is 0 Å². The SMILES string of the molecule is CCCCCCCCCCCCCCCCCCCCCCC(O)C(=O)NC(CO)C(O)C(O)CCCCCCCCCCCCCCCCCCCC. The molecule has 0 aromatic carbocycles. The normalized spacial score (nSPS) is 14.0. The standard InChI is InChI=1S/C48H97NO5/c1-3-5-7-9-11-13-15-17-19-21-23-24-26-28-30-32-34-36-38-40-42-46(52)48(54)49-44(43-50)47(53)45(51)41-39-37-35-33-31-29-27-25-22-20-18-16-14-12-10-8-6-4-2/h44-47,50-53H,3-43H2,1-2H3,(H,49,54). The van der Waals surface area contributed by atoms with E-state index >= 15 is 0 Å². The third-order valence-corrected chi connectivity index (χ3v) is 11.8. The fourth-order valence-corrected chi connectivity index (χ4v) is 7.94. The molecular formula is C48H97NO5. The molecule has 6 nitrogen and oxygen atoms in total. The van der Waals surface area contributed by atoms with Gasteiger partial charge in [0.1, 0.15) is 12.2 Å². The summed E-state index contributed by atoms with van der Waals surface area (Å²) in [6.45, 7) is 4.08. The molecule has 5 N–H and O–H groups in total. The highest BCUT2D eigenvalue weighted by molar-refractivity contribution is 5.80. The number of aliphatic hydroxyl groups excluding tert-OH is 4. The highest BCUT2D eigenvalue weighted by Gasteiger charge is 2.28. The zero-order valence-electron chi connectivity index (χ0n) is 36.5. The van der Waals surface area contributed by atoms with E-state index in [1.807, 2.05) is 0 Å². The van der Waals surface area contributed by atoms with Gasteiger partial charge in [-0.25, -0.2) is 0 Å². The Balaban J connectivity index is 3.65. The van der Waals surface area contributed by atoms with Gasteiger partial charge in [-0.1, -0.05) is 258 Å². The molecule has 324 valence electrons. The first-order valence-corrected chi connectivity index (χ1v) is 24.4. The minimum Gasteiger partial charge on any atom is -0.394 e. The number of carbonyl (C=O) groups is 1. The van der Waals surface area contributed by atoms with E-state index in [0.717, 1.165) is 38.5 Å². The van der Waals surface area contributed by atoms with Gasteiger partial charge in [-0.15, -0.1) is 0 Å². The molecule has 4 atom stereocenters. The molecule has 1 amide bonds. The van der Waals surface area contributed by atoms with Gasteiger partial charge in [0.25, 0.3) is 0 Å². The first-order chi connectivity index (χ1) is 26.5. The molecule has 0 radical (unpaired) electrons. The smallest absolute Gasteiger partial charge is 0.249 e. The molecule has 0 saturated heterocycles. The van der Waals surface area contributed by atoms with Crippen LogP contribution in [-0.4, -0.2) is 57.3 Å². The molecule has 0 rings (SSSR count). The molecule has 0 aliphatic heterocycles. The number of nitrogens with one attached hydrogen (secondary N) is 1. The average Bonchev–Trinajstić information content (AvgIpc) is 3.18. The highest BCUT2D eigenvalue weighted by Crippen LogP contribution is 2.18. The second-order valence-electron chi connectivity index (χ2n) is 17.2. The molecule has 0 bridgehead atoms. The van der Waals surface area contributed by atoms with Crippen LogP contribution in [0.4, 0.5) is 0 Å². The summed E-state index contributed by atoms with van der Waals surface area (Å²) in [4.78, 5) is 12.5. The Morgan fingerprint density at radius 2 is 0.630 bits per heavy atom. The summed E-state index contributed by atoms with van der Waals surface area (Å²) in [5.41, 5.74) is 0. The van der Waals surface area contributed by atoms with E-state index in [4.69, 9.17) is 0 Å². The van der Waals surface area contributed by atoms with Crippen LogP contribution in [0, 0.1) is 0 Å². The fourth-order valence-electron chi connectivity index (χ4n) is 7.94. The van der Waals surface area contributed by atoms with Crippen molar-refractivity contribution in [3.63, 3.8) is 0 Å². The number of aliphatic hydroxyl groups is 4. The van der Waals surface area contributed by atoms with E-state index in [9.17, 15) is 25.2 Å². The number of unbranched alkanes of at least 4 members (excludes halogenated alkanes) is 36. The lowest BCUT2D eigenvalue weighted by Gasteiger charge is -2.27. The third kappa shape index (κ3) is 36.9. The van der Waals surface area contributed by atoms with Crippen molar-refractivity contribution in [3.05, 3.63) is 0 Å². The van der Waals surface area contributed by atoms with Gasteiger partial charge >= 0.3 is 0 Å². The lowest BCUT2D eigenvalue weighted by Crippen LogP contribution is -2.53. The Labute approximate surface area is 337 Å². The number of hydrogen-bond donors (Lipinski definition) is 5. The summed E-state index contributed by atoms with van der Waals surface area (Å²) in [5, 5.41) is 43.8. The van der Waals surface area contributed by atoms with E-state index in [-0.39, 0.29) is 0 Å². The fraction of sp³-hybridized carbons (Fsp3) is 0.979. The van der Waals surface area contributed by atoms with Crippen molar-refractivity contribution in [2.45, 2.75) is 295 Å². The van der Waals surface area contributed by atoms with Crippen LogP contribution < -0.4 is 5.32 Å². The maximum absolute atomic E-state index is 12.5. The Morgan fingerprint density at radius 1 is 0.389 bits per heavy atom. The second-order valence-corrected chi connectivity index (χ2v) is 17.2. The molecule has 4 unspecified atom stereocenters. The Hall–Kier alpha value is -0.690. The van der Waals surface area contributed by atoms with Crippen LogP contribution in [0.15, 0.2) is 0 Å². The Bertz CT molecular complexity index is 736. The predicted octanol–water partition coefficient (Wildman–Crippen LogP) is 13.2. The Kier molecular flexibility index (Phi) is 42.9. The van der Waals surface area contributed by atoms with E-state index in [1.165, 1.54) is 205 Å². The first kappa shape index (κ1) is 53.3. The number of hydrogen-bond acceptors (Lipinski definition) is 5. The van der Waals surface area contributed by atoms with Gasteiger partial charge < -0.3 is 25.7 Å². The summed E-state index contributed by atoms with van der Waals surface area (Å²) in [6.07, 6.45) is 47.1. The van der Waals surface area contributed by atoms with Crippen molar-refractivity contribution in [2.24, 2.45) is 0 Å². The summed E-state index contributed by atoms with van der Waals surface area (Å²) in [7, 11) is 0.